The summed E-state index contributed by atoms with van der Waals surface area (Å²) in [6.45, 7) is 8.75. The number of hydrogen-bond donors (Lipinski definition) is 3. The molecule has 9 atom stereocenters. The molecule has 0 amide bonds. The molecule has 220 valence electrons. The number of fused-ring (bicyclic) bond motifs is 5. The summed E-state index contributed by atoms with van der Waals surface area (Å²) in [6.07, 6.45) is 8.91. The van der Waals surface area contributed by atoms with E-state index in [-0.39, 0.29) is 41.1 Å². The Hall–Kier alpha value is -0.560. The number of rotatable bonds is 10. The van der Waals surface area contributed by atoms with Crippen molar-refractivity contribution < 1.29 is 39.4 Å². The van der Waals surface area contributed by atoms with Crippen LogP contribution in [0.1, 0.15) is 91.9 Å². The highest BCUT2D eigenvalue weighted by atomic mass is 32.3. The minimum Gasteiger partial charge on any atom is -0.393 e. The molecule has 0 radical (unpaired) electrons. The molecule has 38 heavy (non-hydrogen) atoms. The van der Waals surface area contributed by atoms with Crippen LogP contribution in [0.2, 0.25) is 0 Å². The molecule has 0 spiro atoms. The highest BCUT2D eigenvalue weighted by Gasteiger charge is 2.62. The maximum Gasteiger partial charge on any atom is 0.397 e. The molecule has 4 aliphatic rings. The van der Waals surface area contributed by atoms with Crippen LogP contribution in [-0.4, -0.2) is 49.9 Å². The van der Waals surface area contributed by atoms with Gasteiger partial charge in [0.25, 0.3) is 0 Å². The van der Waals surface area contributed by atoms with Crippen LogP contribution >= 0.6 is 0 Å². The van der Waals surface area contributed by atoms with E-state index >= 15 is 0 Å². The van der Waals surface area contributed by atoms with Crippen molar-refractivity contribution in [3.8, 4) is 0 Å². The molecule has 4 rings (SSSR count). The average Bonchev–Trinajstić information content (AvgIpc) is 3.10. The lowest BCUT2D eigenvalue weighted by atomic mass is 9.46. The molecule has 0 aliphatic heterocycles. The Kier molecular flexibility index (Phi) is 8.82. The highest BCUT2D eigenvalue weighted by Crippen LogP contribution is 2.67. The first kappa shape index (κ1) is 30.4. The number of hydrogen-bond acceptors (Lipinski definition) is 7. The van der Waals surface area contributed by atoms with Gasteiger partial charge in [-0.05, 0) is 97.7 Å². The summed E-state index contributed by atoms with van der Waals surface area (Å²) in [6, 6.07) is 0. The van der Waals surface area contributed by atoms with Gasteiger partial charge in [0.05, 0.1) is 18.8 Å². The summed E-state index contributed by atoms with van der Waals surface area (Å²) in [5.41, 5.74) is 0.688. The lowest BCUT2D eigenvalue weighted by Gasteiger charge is -2.60. The summed E-state index contributed by atoms with van der Waals surface area (Å²) in [7, 11) is -9.04. The zero-order chi connectivity index (χ0) is 28.1. The van der Waals surface area contributed by atoms with Gasteiger partial charge in [-0.25, -0.2) is 8.37 Å². The number of aliphatic hydroxyl groups is 1. The first-order chi connectivity index (χ1) is 17.5. The molecule has 0 aromatic heterocycles. The molecule has 3 N–H and O–H groups in total. The first-order valence-electron chi connectivity index (χ1n) is 14.2. The van der Waals surface area contributed by atoms with E-state index in [0.29, 0.717) is 37.5 Å². The standard InChI is InChI=1S/C27H46O9S2/c1-17(2)6-5-7-18(16-35-37(29,30)31)22-10-11-23-21-9-8-19-14-20(36-38(32,33)34)12-13-26(19,3)25(21)24(28)15-27(22,23)4/h8,17-18,20-25,28H,5-7,9-16H2,1-4H3,(H,29,30,31)(H,32,33,34)/t18-,20+,21-,22+,23-,24-,25+,26-,27+/m0/s1. The Morgan fingerprint density at radius 1 is 1.05 bits per heavy atom. The fourth-order valence-electron chi connectivity index (χ4n) is 9.19. The van der Waals surface area contributed by atoms with Gasteiger partial charge in [-0.1, -0.05) is 52.2 Å². The summed E-state index contributed by atoms with van der Waals surface area (Å²) in [5, 5.41) is 11.7. The Labute approximate surface area is 228 Å². The Morgan fingerprint density at radius 2 is 1.76 bits per heavy atom. The summed E-state index contributed by atoms with van der Waals surface area (Å²) in [5.74, 6) is 1.42. The van der Waals surface area contributed by atoms with E-state index in [4.69, 9.17) is 12.9 Å². The van der Waals surface area contributed by atoms with Crippen LogP contribution in [0, 0.1) is 46.3 Å². The second-order valence-electron chi connectivity index (χ2n) is 13.3. The quantitative estimate of drug-likeness (QED) is 0.241. The van der Waals surface area contributed by atoms with Crippen molar-refractivity contribution in [1.29, 1.82) is 0 Å². The minimum atomic E-state index is -4.53. The fourth-order valence-corrected chi connectivity index (χ4v) is 10.0. The van der Waals surface area contributed by atoms with E-state index in [9.17, 15) is 26.5 Å². The van der Waals surface area contributed by atoms with Crippen LogP contribution in [0.5, 0.6) is 0 Å². The van der Waals surface area contributed by atoms with Gasteiger partial charge in [0, 0.05) is 0 Å². The molecule has 0 heterocycles. The molecule has 0 bridgehead atoms. The lowest BCUT2D eigenvalue weighted by Crippen LogP contribution is -2.57. The van der Waals surface area contributed by atoms with Gasteiger partial charge in [-0.3, -0.25) is 9.11 Å². The number of aliphatic hydroxyl groups excluding tert-OH is 1. The Bertz CT molecular complexity index is 1100. The van der Waals surface area contributed by atoms with Crippen molar-refractivity contribution >= 4 is 20.8 Å². The van der Waals surface area contributed by atoms with Gasteiger partial charge in [0.15, 0.2) is 0 Å². The van der Waals surface area contributed by atoms with Crippen LogP contribution in [0.15, 0.2) is 11.6 Å². The second-order valence-corrected chi connectivity index (χ2v) is 15.5. The average molecular weight is 579 g/mol. The normalized spacial score (nSPS) is 40.3. The van der Waals surface area contributed by atoms with Gasteiger partial charge in [0.1, 0.15) is 0 Å². The lowest BCUT2D eigenvalue weighted by molar-refractivity contribution is -0.131. The van der Waals surface area contributed by atoms with Crippen LogP contribution in [0.4, 0.5) is 0 Å². The number of allylic oxidation sites excluding steroid dienone is 1. The van der Waals surface area contributed by atoms with Crippen LogP contribution < -0.4 is 0 Å². The summed E-state index contributed by atoms with van der Waals surface area (Å²) >= 11 is 0. The smallest absolute Gasteiger partial charge is 0.393 e. The van der Waals surface area contributed by atoms with Gasteiger partial charge in [-0.15, -0.1) is 0 Å². The largest absolute Gasteiger partial charge is 0.397 e. The SMILES string of the molecule is CC(C)CCC[C@@H](COS(=O)(=O)O)[C@H]1CC[C@H]2[C@@H]3CC=C4C[C@H](OS(=O)(=O)O)CC[C@]4(C)[C@H]3[C@@H](O)C[C@]12C. The maximum atomic E-state index is 11.7. The zero-order valence-corrected chi connectivity index (χ0v) is 24.7. The summed E-state index contributed by atoms with van der Waals surface area (Å²) < 4.78 is 73.7. The Balaban J connectivity index is 1.56. The van der Waals surface area contributed by atoms with Crippen molar-refractivity contribution in [2.75, 3.05) is 6.61 Å². The van der Waals surface area contributed by atoms with Crippen molar-refractivity contribution in [1.82, 2.24) is 0 Å². The molecule has 3 saturated carbocycles. The van der Waals surface area contributed by atoms with Crippen LogP contribution in [0.25, 0.3) is 0 Å². The molecule has 0 unspecified atom stereocenters. The van der Waals surface area contributed by atoms with Crippen molar-refractivity contribution in [2.24, 2.45) is 46.3 Å². The van der Waals surface area contributed by atoms with Crippen molar-refractivity contribution in [3.05, 3.63) is 11.6 Å². The predicted octanol–water partition coefficient (Wildman–Crippen LogP) is 4.99. The molecule has 11 heteroatoms. The summed E-state index contributed by atoms with van der Waals surface area (Å²) in [4.78, 5) is 0. The highest BCUT2D eigenvalue weighted by molar-refractivity contribution is 7.81. The van der Waals surface area contributed by atoms with Crippen LogP contribution in [0.3, 0.4) is 0 Å². The van der Waals surface area contributed by atoms with Crippen molar-refractivity contribution in [2.45, 2.75) is 104 Å². The maximum absolute atomic E-state index is 11.7. The molecule has 3 fully saturated rings. The molecular weight excluding hydrogens is 532 g/mol. The molecule has 4 aliphatic carbocycles. The zero-order valence-electron chi connectivity index (χ0n) is 23.1. The van der Waals surface area contributed by atoms with Crippen LogP contribution in [-0.2, 0) is 29.2 Å². The Morgan fingerprint density at radius 3 is 2.39 bits per heavy atom. The van der Waals surface area contributed by atoms with Gasteiger partial charge >= 0.3 is 20.8 Å². The third-order valence-corrected chi connectivity index (χ3v) is 11.6. The van der Waals surface area contributed by atoms with Crippen molar-refractivity contribution in [3.63, 3.8) is 0 Å². The third-order valence-electron chi connectivity index (χ3n) is 10.7. The molecule has 0 saturated heterocycles. The predicted molar refractivity (Wildman–Crippen MR) is 143 cm³/mol. The van der Waals surface area contributed by atoms with E-state index in [0.717, 1.165) is 44.1 Å². The minimum absolute atomic E-state index is 0.0206. The second kappa shape index (κ2) is 11.0. The van der Waals surface area contributed by atoms with Gasteiger partial charge in [0.2, 0.25) is 0 Å². The topological polar surface area (TPSA) is 147 Å². The first-order valence-corrected chi connectivity index (χ1v) is 16.9. The molecule has 0 aromatic carbocycles. The van der Waals surface area contributed by atoms with E-state index in [2.05, 4.69) is 33.8 Å². The molecule has 9 nitrogen and oxygen atoms in total. The van der Waals surface area contributed by atoms with Gasteiger partial charge < -0.3 is 5.11 Å². The molecular formula is C27H46O9S2. The van der Waals surface area contributed by atoms with E-state index in [1.807, 2.05) is 0 Å². The van der Waals surface area contributed by atoms with Gasteiger partial charge in [-0.2, -0.15) is 16.8 Å². The monoisotopic (exact) mass is 578 g/mol. The fraction of sp³-hybridized carbons (Fsp3) is 0.926. The van der Waals surface area contributed by atoms with E-state index in [1.165, 1.54) is 0 Å². The third kappa shape index (κ3) is 6.34. The van der Waals surface area contributed by atoms with E-state index in [1.54, 1.807) is 0 Å². The van der Waals surface area contributed by atoms with E-state index < -0.39 is 33.0 Å². The molecule has 0 aromatic rings.